The van der Waals surface area contributed by atoms with Crippen molar-refractivity contribution in [2.45, 2.75) is 4.90 Å². The molecule has 2 aromatic heterocycles. The van der Waals surface area contributed by atoms with Gasteiger partial charge in [0.2, 0.25) is 0 Å². The summed E-state index contributed by atoms with van der Waals surface area (Å²) in [6.45, 7) is 0. The van der Waals surface area contributed by atoms with Crippen LogP contribution in [0, 0.1) is 0 Å². The molecule has 0 spiro atoms. The van der Waals surface area contributed by atoms with Crippen molar-refractivity contribution in [1.29, 1.82) is 0 Å². The molecule has 0 fully saturated rings. The van der Waals surface area contributed by atoms with Crippen molar-refractivity contribution in [3.8, 4) is 5.69 Å². The van der Waals surface area contributed by atoms with Crippen LogP contribution in [0.1, 0.15) is 10.4 Å². The molecule has 0 amide bonds. The van der Waals surface area contributed by atoms with Crippen LogP contribution in [-0.4, -0.2) is 40.5 Å². The third kappa shape index (κ3) is 2.23. The number of pyridine rings is 1. The quantitative estimate of drug-likeness (QED) is 0.861. The number of hydrogen-bond donors (Lipinski definition) is 1. The molecule has 18 heavy (non-hydrogen) atoms. The van der Waals surface area contributed by atoms with Gasteiger partial charge in [-0.2, -0.15) is 5.10 Å². The SMILES string of the molecule is CS(=O)(=O)c1cnn(-c2cnccc2C(=O)O)c1. The minimum absolute atomic E-state index is 0.00634. The first-order valence-electron chi connectivity index (χ1n) is 4.82. The lowest BCUT2D eigenvalue weighted by Crippen LogP contribution is -2.06. The first-order chi connectivity index (χ1) is 8.39. The smallest absolute Gasteiger partial charge is 0.338 e. The van der Waals surface area contributed by atoms with Crippen molar-refractivity contribution in [2.75, 3.05) is 6.26 Å². The predicted molar refractivity (Wildman–Crippen MR) is 61.4 cm³/mol. The fourth-order valence-corrected chi connectivity index (χ4v) is 1.91. The molecule has 2 aromatic rings. The summed E-state index contributed by atoms with van der Waals surface area (Å²) in [5, 5.41) is 12.8. The standard InChI is InChI=1S/C10H9N3O4S/c1-18(16,17)7-4-12-13(6-7)9-5-11-3-2-8(9)10(14)15/h2-6H,1H3,(H,14,15). The van der Waals surface area contributed by atoms with E-state index in [2.05, 4.69) is 10.1 Å². The Morgan fingerprint density at radius 1 is 1.39 bits per heavy atom. The number of aromatic nitrogens is 3. The van der Waals surface area contributed by atoms with E-state index in [4.69, 9.17) is 5.11 Å². The summed E-state index contributed by atoms with van der Waals surface area (Å²) in [5.74, 6) is -1.14. The molecule has 0 aliphatic rings. The van der Waals surface area contributed by atoms with Crippen molar-refractivity contribution in [3.63, 3.8) is 0 Å². The molecule has 1 N–H and O–H groups in total. The number of carboxylic acids is 1. The van der Waals surface area contributed by atoms with Gasteiger partial charge in [0.25, 0.3) is 0 Å². The molecule has 0 radical (unpaired) electrons. The number of nitrogens with zero attached hydrogens (tertiary/aromatic N) is 3. The largest absolute Gasteiger partial charge is 0.478 e. The van der Waals surface area contributed by atoms with Crippen LogP contribution in [0.25, 0.3) is 5.69 Å². The van der Waals surface area contributed by atoms with Crippen molar-refractivity contribution in [2.24, 2.45) is 0 Å². The van der Waals surface area contributed by atoms with Crippen LogP contribution in [0.5, 0.6) is 0 Å². The number of sulfone groups is 1. The molecule has 0 unspecified atom stereocenters. The molecule has 7 nitrogen and oxygen atoms in total. The Bertz CT molecular complexity index is 705. The van der Waals surface area contributed by atoms with E-state index in [1.54, 1.807) is 0 Å². The van der Waals surface area contributed by atoms with Crippen LogP contribution in [0.3, 0.4) is 0 Å². The maximum atomic E-state index is 11.3. The maximum absolute atomic E-state index is 11.3. The highest BCUT2D eigenvalue weighted by atomic mass is 32.2. The zero-order valence-corrected chi connectivity index (χ0v) is 10.1. The number of carboxylic acid groups (broad SMARTS) is 1. The third-order valence-corrected chi connectivity index (χ3v) is 3.33. The Morgan fingerprint density at radius 3 is 2.67 bits per heavy atom. The second-order valence-corrected chi connectivity index (χ2v) is 5.61. The van der Waals surface area contributed by atoms with Crippen LogP contribution in [0.2, 0.25) is 0 Å². The molecule has 0 aromatic carbocycles. The van der Waals surface area contributed by atoms with Crippen LogP contribution in [-0.2, 0) is 9.84 Å². The van der Waals surface area contributed by atoms with Gasteiger partial charge in [0.1, 0.15) is 4.90 Å². The van der Waals surface area contributed by atoms with E-state index < -0.39 is 15.8 Å². The summed E-state index contributed by atoms with van der Waals surface area (Å²) in [7, 11) is -3.37. The van der Waals surface area contributed by atoms with E-state index in [0.29, 0.717) is 0 Å². The normalized spacial score (nSPS) is 11.4. The summed E-state index contributed by atoms with van der Waals surface area (Å²) < 4.78 is 23.8. The molecule has 0 saturated carbocycles. The second-order valence-electron chi connectivity index (χ2n) is 3.59. The number of carbonyl (C=O) groups is 1. The highest BCUT2D eigenvalue weighted by Gasteiger charge is 2.15. The molecule has 8 heteroatoms. The minimum atomic E-state index is -3.37. The van der Waals surface area contributed by atoms with Crippen molar-refractivity contribution < 1.29 is 18.3 Å². The van der Waals surface area contributed by atoms with Gasteiger partial charge in [0.15, 0.2) is 9.84 Å². The zero-order chi connectivity index (χ0) is 13.3. The topological polar surface area (TPSA) is 102 Å². The van der Waals surface area contributed by atoms with E-state index in [1.807, 2.05) is 0 Å². The van der Waals surface area contributed by atoms with Crippen molar-refractivity contribution >= 4 is 15.8 Å². The van der Waals surface area contributed by atoms with Gasteiger partial charge >= 0.3 is 5.97 Å². The summed E-state index contributed by atoms with van der Waals surface area (Å²) in [6, 6.07) is 1.32. The average Bonchev–Trinajstić information content (AvgIpc) is 2.77. The zero-order valence-electron chi connectivity index (χ0n) is 9.31. The summed E-state index contributed by atoms with van der Waals surface area (Å²) >= 11 is 0. The molecule has 2 rings (SSSR count). The highest BCUT2D eigenvalue weighted by Crippen LogP contribution is 2.15. The fraction of sp³-hybridized carbons (Fsp3) is 0.100. The molecule has 0 bridgehead atoms. The fourth-order valence-electron chi connectivity index (χ4n) is 1.38. The number of aromatic carboxylic acids is 1. The second kappa shape index (κ2) is 4.22. The van der Waals surface area contributed by atoms with Crippen LogP contribution >= 0.6 is 0 Å². The molecular weight excluding hydrogens is 258 g/mol. The van der Waals surface area contributed by atoms with Gasteiger partial charge in [-0.25, -0.2) is 17.9 Å². The van der Waals surface area contributed by atoms with Gasteiger partial charge in [-0.05, 0) is 6.07 Å². The Balaban J connectivity index is 2.57. The van der Waals surface area contributed by atoms with E-state index in [0.717, 1.165) is 12.5 Å². The third-order valence-electron chi connectivity index (χ3n) is 2.26. The lowest BCUT2D eigenvalue weighted by molar-refractivity contribution is 0.0696. The Hall–Kier alpha value is -2.22. The van der Waals surface area contributed by atoms with E-state index in [9.17, 15) is 13.2 Å². The Labute approximate surface area is 103 Å². The van der Waals surface area contributed by atoms with Gasteiger partial charge in [0, 0.05) is 18.6 Å². The van der Waals surface area contributed by atoms with E-state index in [1.165, 1.54) is 29.3 Å². The number of rotatable bonds is 3. The molecule has 0 saturated heterocycles. The lowest BCUT2D eigenvalue weighted by atomic mass is 10.2. The summed E-state index contributed by atoms with van der Waals surface area (Å²) in [5.41, 5.74) is 0.202. The highest BCUT2D eigenvalue weighted by molar-refractivity contribution is 7.90. The summed E-state index contributed by atoms with van der Waals surface area (Å²) in [4.78, 5) is 14.8. The van der Waals surface area contributed by atoms with E-state index >= 15 is 0 Å². The lowest BCUT2D eigenvalue weighted by Gasteiger charge is -2.04. The minimum Gasteiger partial charge on any atom is -0.478 e. The number of hydrogen-bond acceptors (Lipinski definition) is 5. The van der Waals surface area contributed by atoms with E-state index in [-0.39, 0.29) is 16.1 Å². The van der Waals surface area contributed by atoms with Crippen molar-refractivity contribution in [1.82, 2.24) is 14.8 Å². The molecule has 2 heterocycles. The monoisotopic (exact) mass is 267 g/mol. The van der Waals surface area contributed by atoms with Gasteiger partial charge in [-0.1, -0.05) is 0 Å². The molecule has 0 atom stereocenters. The molecular formula is C10H9N3O4S. The molecule has 0 aliphatic carbocycles. The van der Waals surface area contributed by atoms with Gasteiger partial charge < -0.3 is 5.11 Å². The first-order valence-corrected chi connectivity index (χ1v) is 6.71. The maximum Gasteiger partial charge on any atom is 0.338 e. The van der Waals surface area contributed by atoms with Crippen molar-refractivity contribution in [3.05, 3.63) is 36.4 Å². The van der Waals surface area contributed by atoms with Gasteiger partial charge in [0.05, 0.1) is 23.6 Å². The summed E-state index contributed by atoms with van der Waals surface area (Å²) in [6.07, 6.45) is 6.11. The van der Waals surface area contributed by atoms with Gasteiger partial charge in [-0.3, -0.25) is 4.98 Å². The first kappa shape index (κ1) is 12.2. The average molecular weight is 267 g/mol. The van der Waals surface area contributed by atoms with Gasteiger partial charge in [-0.15, -0.1) is 0 Å². The molecule has 94 valence electrons. The predicted octanol–water partition coefficient (Wildman–Crippen LogP) is 0.369. The molecule has 0 aliphatic heterocycles. The van der Waals surface area contributed by atoms with Crippen LogP contribution in [0.15, 0.2) is 35.7 Å². The van der Waals surface area contributed by atoms with Crippen LogP contribution < -0.4 is 0 Å². The Morgan fingerprint density at radius 2 is 2.11 bits per heavy atom. The van der Waals surface area contributed by atoms with Crippen LogP contribution in [0.4, 0.5) is 0 Å². The Kier molecular flexibility index (Phi) is 2.87.